The highest BCUT2D eigenvalue weighted by molar-refractivity contribution is 5.85. The van der Waals surface area contributed by atoms with E-state index < -0.39 is 0 Å². The van der Waals surface area contributed by atoms with Gasteiger partial charge in [-0.2, -0.15) is 0 Å². The van der Waals surface area contributed by atoms with Crippen LogP contribution in [0.3, 0.4) is 0 Å². The molecule has 2 rings (SSSR count). The minimum absolute atomic E-state index is 0. The molecule has 20 heavy (non-hydrogen) atoms. The van der Waals surface area contributed by atoms with Gasteiger partial charge >= 0.3 is 0 Å². The summed E-state index contributed by atoms with van der Waals surface area (Å²) in [5.74, 6) is -0.0871. The van der Waals surface area contributed by atoms with E-state index in [9.17, 15) is 4.39 Å². The Labute approximate surface area is 133 Å². The van der Waals surface area contributed by atoms with Crippen LogP contribution < -0.4 is 5.32 Å². The van der Waals surface area contributed by atoms with Crippen LogP contribution in [0.15, 0.2) is 24.3 Å². The summed E-state index contributed by atoms with van der Waals surface area (Å²) in [6, 6.07) is 7.32. The quantitative estimate of drug-likeness (QED) is 0.893. The van der Waals surface area contributed by atoms with Gasteiger partial charge in [0.1, 0.15) is 5.82 Å². The van der Waals surface area contributed by atoms with E-state index in [0.29, 0.717) is 0 Å². The van der Waals surface area contributed by atoms with Gasteiger partial charge in [0.05, 0.1) is 0 Å². The van der Waals surface area contributed by atoms with Gasteiger partial charge < -0.3 is 5.32 Å². The van der Waals surface area contributed by atoms with Gasteiger partial charge in [-0.25, -0.2) is 4.39 Å². The second-order valence-electron chi connectivity index (χ2n) is 6.08. The fourth-order valence-corrected chi connectivity index (χ4v) is 2.85. The Balaban J connectivity index is 0.00000180. The van der Waals surface area contributed by atoms with Gasteiger partial charge in [0, 0.05) is 37.8 Å². The van der Waals surface area contributed by atoms with Gasteiger partial charge in [0.15, 0.2) is 0 Å². The molecule has 2 nitrogen and oxygen atoms in total. The first kappa shape index (κ1) is 19.7. The molecule has 1 heterocycles. The molecule has 5 heteroatoms. The molecule has 0 radical (unpaired) electrons. The summed E-state index contributed by atoms with van der Waals surface area (Å²) in [5, 5.41) is 3.35. The first-order chi connectivity index (χ1) is 8.50. The lowest BCUT2D eigenvalue weighted by molar-refractivity contribution is 0.0834. The third kappa shape index (κ3) is 4.59. The molecule has 1 atom stereocenters. The minimum atomic E-state index is -0.0871. The average Bonchev–Trinajstić information content (AvgIpc) is 2.32. The summed E-state index contributed by atoms with van der Waals surface area (Å²) in [6.45, 7) is 10.5. The van der Waals surface area contributed by atoms with Crippen LogP contribution in [0.1, 0.15) is 32.4 Å². The van der Waals surface area contributed by atoms with E-state index in [1.165, 1.54) is 0 Å². The average molecular weight is 323 g/mol. The largest absolute Gasteiger partial charge is 0.314 e. The molecular formula is C15H25Cl2FN2. The van der Waals surface area contributed by atoms with Crippen molar-refractivity contribution < 1.29 is 4.39 Å². The number of hydrogen-bond acceptors (Lipinski definition) is 2. The van der Waals surface area contributed by atoms with Crippen molar-refractivity contribution in [1.82, 2.24) is 10.2 Å². The zero-order valence-corrected chi connectivity index (χ0v) is 14.0. The van der Waals surface area contributed by atoms with Crippen molar-refractivity contribution in [3.8, 4) is 0 Å². The molecule has 0 unspecified atom stereocenters. The Morgan fingerprint density at radius 1 is 1.10 bits per heavy atom. The Hall–Kier alpha value is -0.350. The third-order valence-electron chi connectivity index (χ3n) is 3.54. The van der Waals surface area contributed by atoms with E-state index in [1.54, 1.807) is 12.1 Å². The Bertz CT molecular complexity index is 401. The summed E-state index contributed by atoms with van der Waals surface area (Å²) in [7, 11) is 0. The summed E-state index contributed by atoms with van der Waals surface area (Å²) >= 11 is 0. The lowest BCUT2D eigenvalue weighted by atomic mass is 9.80. The maximum atomic E-state index is 14.1. The predicted molar refractivity (Wildman–Crippen MR) is 87.5 cm³/mol. The van der Waals surface area contributed by atoms with Crippen molar-refractivity contribution in [2.75, 3.05) is 26.2 Å². The van der Waals surface area contributed by atoms with Gasteiger partial charge in [0.2, 0.25) is 0 Å². The second-order valence-corrected chi connectivity index (χ2v) is 6.08. The molecule has 0 amide bonds. The normalized spacial score (nSPS) is 17.8. The van der Waals surface area contributed by atoms with E-state index in [2.05, 4.69) is 31.0 Å². The number of benzene rings is 1. The van der Waals surface area contributed by atoms with Crippen molar-refractivity contribution in [3.05, 3.63) is 35.6 Å². The second kappa shape index (κ2) is 8.18. The zero-order chi connectivity index (χ0) is 13.2. The summed E-state index contributed by atoms with van der Waals surface area (Å²) < 4.78 is 14.1. The van der Waals surface area contributed by atoms with Crippen molar-refractivity contribution in [2.24, 2.45) is 5.41 Å². The number of piperazine rings is 1. The lowest BCUT2D eigenvalue weighted by Crippen LogP contribution is -2.48. The van der Waals surface area contributed by atoms with Crippen LogP contribution in [0, 0.1) is 11.2 Å². The molecule has 0 spiro atoms. The molecule has 0 aliphatic carbocycles. The highest BCUT2D eigenvalue weighted by Crippen LogP contribution is 2.38. The van der Waals surface area contributed by atoms with Gasteiger partial charge in [-0.15, -0.1) is 24.8 Å². The van der Waals surface area contributed by atoms with Crippen LogP contribution in [-0.4, -0.2) is 31.1 Å². The van der Waals surface area contributed by atoms with Crippen LogP contribution >= 0.6 is 24.8 Å². The molecule has 1 aliphatic heterocycles. The topological polar surface area (TPSA) is 15.3 Å². The highest BCUT2D eigenvalue weighted by Gasteiger charge is 2.33. The minimum Gasteiger partial charge on any atom is -0.314 e. The Kier molecular flexibility index (Phi) is 8.04. The fourth-order valence-electron chi connectivity index (χ4n) is 2.85. The molecule has 0 bridgehead atoms. The van der Waals surface area contributed by atoms with Crippen LogP contribution in [0.2, 0.25) is 0 Å². The number of nitrogens with zero attached hydrogens (tertiary/aromatic N) is 1. The van der Waals surface area contributed by atoms with Crippen LogP contribution in [0.25, 0.3) is 0 Å². The van der Waals surface area contributed by atoms with Crippen molar-refractivity contribution in [1.29, 1.82) is 0 Å². The number of hydrogen-bond donors (Lipinski definition) is 1. The summed E-state index contributed by atoms with van der Waals surface area (Å²) in [6.07, 6.45) is 0. The van der Waals surface area contributed by atoms with Crippen LogP contribution in [0.5, 0.6) is 0 Å². The first-order valence-electron chi connectivity index (χ1n) is 6.69. The molecule has 1 aromatic carbocycles. The van der Waals surface area contributed by atoms with Gasteiger partial charge in [-0.05, 0) is 11.5 Å². The Morgan fingerprint density at radius 3 is 2.15 bits per heavy atom. The molecule has 1 saturated heterocycles. The summed E-state index contributed by atoms with van der Waals surface area (Å²) in [5.41, 5.74) is 0.853. The Morgan fingerprint density at radius 2 is 1.65 bits per heavy atom. The molecule has 0 saturated carbocycles. The maximum absolute atomic E-state index is 14.1. The molecule has 1 N–H and O–H groups in total. The van der Waals surface area contributed by atoms with Crippen molar-refractivity contribution in [2.45, 2.75) is 26.8 Å². The highest BCUT2D eigenvalue weighted by atomic mass is 35.5. The van der Waals surface area contributed by atoms with E-state index in [-0.39, 0.29) is 42.1 Å². The number of nitrogens with one attached hydrogen (secondary N) is 1. The number of rotatable bonds is 2. The van der Waals surface area contributed by atoms with Gasteiger partial charge in [-0.3, -0.25) is 4.90 Å². The molecular weight excluding hydrogens is 298 g/mol. The van der Waals surface area contributed by atoms with E-state index in [1.807, 2.05) is 12.1 Å². The molecule has 1 fully saturated rings. The summed E-state index contributed by atoms with van der Waals surface area (Å²) in [4.78, 5) is 2.40. The van der Waals surface area contributed by atoms with Crippen LogP contribution in [-0.2, 0) is 0 Å². The monoisotopic (exact) mass is 322 g/mol. The lowest BCUT2D eigenvalue weighted by Gasteiger charge is -2.42. The van der Waals surface area contributed by atoms with E-state index in [4.69, 9.17) is 0 Å². The third-order valence-corrected chi connectivity index (χ3v) is 3.54. The molecule has 1 aromatic rings. The van der Waals surface area contributed by atoms with Crippen molar-refractivity contribution in [3.63, 3.8) is 0 Å². The standard InChI is InChI=1S/C15H23FN2.2ClH/c1-15(2,3)14(18-10-8-17-9-11-18)12-6-4-5-7-13(12)16;;/h4-7,14,17H,8-11H2,1-3H3;2*1H/t14-;;/m0../s1. The fraction of sp³-hybridized carbons (Fsp3) is 0.600. The maximum Gasteiger partial charge on any atom is 0.128 e. The zero-order valence-electron chi connectivity index (χ0n) is 12.4. The molecule has 0 aromatic heterocycles. The van der Waals surface area contributed by atoms with Crippen LogP contribution in [0.4, 0.5) is 4.39 Å². The van der Waals surface area contributed by atoms with E-state index >= 15 is 0 Å². The molecule has 1 aliphatic rings. The van der Waals surface area contributed by atoms with Gasteiger partial charge in [0.25, 0.3) is 0 Å². The first-order valence-corrected chi connectivity index (χ1v) is 6.69. The SMILES string of the molecule is CC(C)(C)[C@H](c1ccccc1F)N1CCNCC1.Cl.Cl. The van der Waals surface area contributed by atoms with Crippen molar-refractivity contribution >= 4 is 24.8 Å². The smallest absolute Gasteiger partial charge is 0.128 e. The van der Waals surface area contributed by atoms with Gasteiger partial charge in [-0.1, -0.05) is 39.0 Å². The predicted octanol–water partition coefficient (Wildman–Crippen LogP) is 3.66. The van der Waals surface area contributed by atoms with E-state index in [0.717, 1.165) is 31.7 Å². The molecule has 116 valence electrons. The number of halogens is 3.